The molecule has 8 atom stereocenters. The highest BCUT2D eigenvalue weighted by molar-refractivity contribution is 5.99. The van der Waals surface area contributed by atoms with Crippen LogP contribution in [0.15, 0.2) is 12.5 Å². The smallest absolute Gasteiger partial charge is 0.326 e. The fourth-order valence-corrected chi connectivity index (χ4v) is 7.27. The van der Waals surface area contributed by atoms with Gasteiger partial charge in [-0.2, -0.15) is 0 Å². The lowest BCUT2D eigenvalue weighted by Crippen LogP contribution is -2.60. The summed E-state index contributed by atoms with van der Waals surface area (Å²) in [5, 5.41) is 26.9. The Bertz CT molecular complexity index is 1660. The van der Waals surface area contributed by atoms with Crippen LogP contribution in [-0.4, -0.2) is 156 Å². The number of rotatable bonds is 18. The molecule has 0 bridgehead atoms. The first-order valence-corrected chi connectivity index (χ1v) is 18.5. The molecular formula is C34H51N11O11. The molecule has 0 spiro atoms. The van der Waals surface area contributed by atoms with Crippen LogP contribution in [0, 0.1) is 0 Å². The van der Waals surface area contributed by atoms with Gasteiger partial charge in [0.2, 0.25) is 47.3 Å². The molecule has 0 saturated carbocycles. The van der Waals surface area contributed by atoms with Crippen LogP contribution in [0.1, 0.15) is 70.4 Å². The fraction of sp³-hybridized carbons (Fsp3) is 0.647. The summed E-state index contributed by atoms with van der Waals surface area (Å²) in [6.07, 6.45) is 2.03. The zero-order valence-corrected chi connectivity index (χ0v) is 31.1. The van der Waals surface area contributed by atoms with Crippen molar-refractivity contribution in [3.05, 3.63) is 18.2 Å². The fourth-order valence-electron chi connectivity index (χ4n) is 7.27. The van der Waals surface area contributed by atoms with Crippen LogP contribution in [-0.2, 0) is 49.6 Å². The number of aromatic nitrogens is 2. The van der Waals surface area contributed by atoms with E-state index in [1.165, 1.54) is 34.1 Å². The number of carboxylic acids is 1. The Hall–Kier alpha value is -5.64. The summed E-state index contributed by atoms with van der Waals surface area (Å²) in [6.45, 7) is 1.66. The van der Waals surface area contributed by atoms with Crippen molar-refractivity contribution < 1.29 is 53.4 Å². The molecule has 0 radical (unpaired) electrons. The molecule has 0 aliphatic carbocycles. The molecule has 0 aromatic carbocycles. The Morgan fingerprint density at radius 3 is 1.95 bits per heavy atom. The third kappa shape index (κ3) is 10.8. The Labute approximate surface area is 321 Å². The van der Waals surface area contributed by atoms with E-state index in [-0.39, 0.29) is 58.2 Å². The van der Waals surface area contributed by atoms with Gasteiger partial charge in [-0.25, -0.2) is 9.78 Å². The first kappa shape index (κ1) is 43.1. The second-order valence-corrected chi connectivity index (χ2v) is 14.3. The van der Waals surface area contributed by atoms with Crippen LogP contribution in [0.3, 0.4) is 0 Å². The Kier molecular flexibility index (Phi) is 14.8. The summed E-state index contributed by atoms with van der Waals surface area (Å²) in [7, 11) is 0. The quantitative estimate of drug-likeness (QED) is 0.0676. The van der Waals surface area contributed by atoms with Gasteiger partial charge in [0.15, 0.2) is 0 Å². The van der Waals surface area contributed by atoms with Crippen molar-refractivity contribution in [2.75, 3.05) is 19.6 Å². The van der Waals surface area contributed by atoms with Crippen molar-refractivity contribution in [1.29, 1.82) is 0 Å². The molecule has 4 rings (SSSR count). The molecule has 308 valence electrons. The molecule has 56 heavy (non-hydrogen) atoms. The third-order valence-electron chi connectivity index (χ3n) is 10.2. The largest absolute Gasteiger partial charge is 0.480 e. The van der Waals surface area contributed by atoms with Gasteiger partial charge in [-0.15, -0.1) is 0 Å². The molecule has 8 amide bonds. The van der Waals surface area contributed by atoms with Gasteiger partial charge in [-0.1, -0.05) is 0 Å². The van der Waals surface area contributed by atoms with Crippen LogP contribution in [0.4, 0.5) is 0 Å². The van der Waals surface area contributed by atoms with Gasteiger partial charge in [0, 0.05) is 44.4 Å². The van der Waals surface area contributed by atoms with E-state index >= 15 is 0 Å². The average molecular weight is 790 g/mol. The van der Waals surface area contributed by atoms with E-state index in [9.17, 15) is 53.4 Å². The number of hydrogen-bond acceptors (Lipinski definition) is 12. The van der Waals surface area contributed by atoms with Crippen LogP contribution >= 0.6 is 0 Å². The topological polar surface area (TPSA) is 347 Å². The number of nitrogens with zero attached hydrogens (tertiary/aromatic N) is 4. The van der Waals surface area contributed by atoms with Crippen molar-refractivity contribution in [1.82, 2.24) is 40.6 Å². The summed E-state index contributed by atoms with van der Waals surface area (Å²) in [6, 6.07) is -8.90. The van der Waals surface area contributed by atoms with Gasteiger partial charge in [0.05, 0.1) is 18.9 Å². The number of carbonyl (C=O) groups is 9. The zero-order chi connectivity index (χ0) is 41.3. The SMILES string of the molecule is C[C@@H](O)[C@H](N)C(=O)N[C@@H](CCC(N)=O)C(=O)N1CCC[C@H]1C(=O)N[C@@H](Cc1cnc[nH]1)C(=O)N[C@@H](CC(N)=O)C(=O)N1CCC[C@H]1C(=O)N1CCC[C@H]1C(=O)O. The predicted octanol–water partition coefficient (Wildman–Crippen LogP) is -4.69. The van der Waals surface area contributed by atoms with Gasteiger partial charge >= 0.3 is 5.97 Å². The van der Waals surface area contributed by atoms with E-state index in [0.29, 0.717) is 25.0 Å². The van der Waals surface area contributed by atoms with Crippen LogP contribution in [0.5, 0.6) is 0 Å². The predicted molar refractivity (Wildman–Crippen MR) is 192 cm³/mol. The average Bonchev–Trinajstić information content (AvgIpc) is 3.98. The number of aliphatic hydroxyl groups excluding tert-OH is 1. The second-order valence-electron chi connectivity index (χ2n) is 14.3. The standard InChI is InChI=1S/C34H51N11O11/c1-17(46)27(37)30(51)40-19(8-9-25(35)47)31(52)43-10-2-5-22(43)29(50)41-20(13-18-15-38-16-39-18)28(49)42-21(14-26(36)48)32(53)44-11-3-6-23(44)33(54)45-12-4-7-24(45)34(55)56/h15-17,19-24,27,46H,2-14,37H2,1H3,(H2,35,47)(H2,36,48)(H,38,39)(H,40,51)(H,41,50)(H,42,49)(H,55,56)/t17-,19+,20+,21+,22+,23+,24+,27+/m1/s1. The molecule has 3 saturated heterocycles. The first-order valence-electron chi connectivity index (χ1n) is 18.5. The molecule has 4 heterocycles. The Balaban J connectivity index is 1.52. The Morgan fingerprint density at radius 2 is 1.38 bits per heavy atom. The summed E-state index contributed by atoms with van der Waals surface area (Å²) in [5.74, 6) is -7.47. The number of hydrogen-bond donors (Lipinski definition) is 9. The van der Waals surface area contributed by atoms with E-state index in [4.69, 9.17) is 17.2 Å². The molecule has 22 nitrogen and oxygen atoms in total. The molecule has 22 heteroatoms. The molecule has 1 aromatic heterocycles. The van der Waals surface area contributed by atoms with Gasteiger partial charge < -0.3 is 63.0 Å². The van der Waals surface area contributed by atoms with Gasteiger partial charge in [0.25, 0.3) is 0 Å². The molecule has 3 aliphatic heterocycles. The number of imidazole rings is 1. The monoisotopic (exact) mass is 789 g/mol. The van der Waals surface area contributed by atoms with Crippen LogP contribution < -0.4 is 33.2 Å². The van der Waals surface area contributed by atoms with Gasteiger partial charge in [-0.3, -0.25) is 38.4 Å². The van der Waals surface area contributed by atoms with E-state index in [2.05, 4.69) is 25.9 Å². The van der Waals surface area contributed by atoms with Gasteiger partial charge in [0.1, 0.15) is 42.3 Å². The third-order valence-corrected chi connectivity index (χ3v) is 10.2. The lowest BCUT2D eigenvalue weighted by Gasteiger charge is -2.33. The number of likely N-dealkylation sites (tertiary alicyclic amines) is 3. The van der Waals surface area contributed by atoms with Crippen molar-refractivity contribution in [3.63, 3.8) is 0 Å². The minimum atomic E-state index is -1.56. The number of nitrogens with one attached hydrogen (secondary N) is 4. The molecular weight excluding hydrogens is 738 g/mol. The van der Waals surface area contributed by atoms with Crippen LogP contribution in [0.25, 0.3) is 0 Å². The number of aliphatic hydroxyl groups is 1. The number of carboxylic acid groups (broad SMARTS) is 1. The van der Waals surface area contributed by atoms with E-state index in [1.807, 2.05) is 0 Å². The summed E-state index contributed by atoms with van der Waals surface area (Å²) in [5.41, 5.74) is 16.9. The van der Waals surface area contributed by atoms with Crippen LogP contribution in [0.2, 0.25) is 0 Å². The summed E-state index contributed by atoms with van der Waals surface area (Å²) >= 11 is 0. The van der Waals surface area contributed by atoms with Gasteiger partial charge in [-0.05, 0) is 51.9 Å². The molecule has 0 unspecified atom stereocenters. The normalized spacial score (nSPS) is 22.1. The van der Waals surface area contributed by atoms with Crippen molar-refractivity contribution in [2.24, 2.45) is 17.2 Å². The van der Waals surface area contributed by atoms with E-state index in [0.717, 1.165) is 0 Å². The minimum absolute atomic E-state index is 0.0786. The highest BCUT2D eigenvalue weighted by atomic mass is 16.4. The summed E-state index contributed by atoms with van der Waals surface area (Å²) in [4.78, 5) is 128. The number of aliphatic carboxylic acids is 1. The maximum atomic E-state index is 14.0. The highest BCUT2D eigenvalue weighted by Gasteiger charge is 2.45. The second kappa shape index (κ2) is 19.3. The maximum absolute atomic E-state index is 14.0. The summed E-state index contributed by atoms with van der Waals surface area (Å²) < 4.78 is 0. The lowest BCUT2D eigenvalue weighted by atomic mass is 10.1. The van der Waals surface area contributed by atoms with E-state index in [1.54, 1.807) is 0 Å². The van der Waals surface area contributed by atoms with Crippen molar-refractivity contribution in [3.8, 4) is 0 Å². The number of primary amides is 2. The molecule has 12 N–H and O–H groups in total. The van der Waals surface area contributed by atoms with Crippen molar-refractivity contribution >= 4 is 53.2 Å². The number of nitrogens with two attached hydrogens (primary N) is 3. The Morgan fingerprint density at radius 1 is 0.804 bits per heavy atom. The number of carbonyl (C=O) groups excluding carboxylic acids is 8. The first-order chi connectivity index (χ1) is 26.5. The zero-order valence-electron chi connectivity index (χ0n) is 31.1. The van der Waals surface area contributed by atoms with E-state index < -0.39 is 108 Å². The minimum Gasteiger partial charge on any atom is -0.480 e. The molecule has 3 fully saturated rings. The lowest BCUT2D eigenvalue weighted by molar-refractivity contribution is -0.152. The number of aromatic amines is 1. The highest BCUT2D eigenvalue weighted by Crippen LogP contribution is 2.26. The van der Waals surface area contributed by atoms with Crippen molar-refractivity contribution in [2.45, 2.75) is 120 Å². The number of amides is 8. The maximum Gasteiger partial charge on any atom is 0.326 e. The molecule has 3 aliphatic rings. The molecule has 1 aromatic rings. The number of H-pyrrole nitrogens is 1.